The number of nitrogens with zero attached hydrogens (tertiary/aromatic N) is 1. The van der Waals surface area contributed by atoms with Gasteiger partial charge in [0, 0.05) is 11.9 Å². The van der Waals surface area contributed by atoms with Gasteiger partial charge in [-0.2, -0.15) is 0 Å². The van der Waals surface area contributed by atoms with Crippen molar-refractivity contribution in [2.75, 3.05) is 0 Å². The van der Waals surface area contributed by atoms with E-state index in [1.807, 2.05) is 32.9 Å². The molecule has 0 bridgehead atoms. The van der Waals surface area contributed by atoms with Crippen LogP contribution in [0.1, 0.15) is 33.4 Å². The van der Waals surface area contributed by atoms with Crippen LogP contribution in [0.15, 0.2) is 18.3 Å². The highest BCUT2D eigenvalue weighted by Crippen LogP contribution is 2.24. The van der Waals surface area contributed by atoms with E-state index in [-0.39, 0.29) is 0 Å². The first kappa shape index (κ1) is 13.2. The summed E-state index contributed by atoms with van der Waals surface area (Å²) in [6, 6.07) is 3.79. The van der Waals surface area contributed by atoms with Gasteiger partial charge in [-0.3, -0.25) is 4.98 Å². The SMILES string of the molecule is Cc1ncccc1[B]OC(C)(C)C(C)(C)O. The van der Waals surface area contributed by atoms with Crippen molar-refractivity contribution in [1.82, 2.24) is 4.98 Å². The number of hydrogen-bond acceptors (Lipinski definition) is 3. The van der Waals surface area contributed by atoms with Crippen molar-refractivity contribution < 1.29 is 9.76 Å². The maximum absolute atomic E-state index is 9.93. The number of aliphatic hydroxyl groups is 1. The smallest absolute Gasteiger partial charge is 0.332 e. The first-order chi connectivity index (χ1) is 7.24. The van der Waals surface area contributed by atoms with Crippen LogP contribution in [0.4, 0.5) is 0 Å². The van der Waals surface area contributed by atoms with Gasteiger partial charge in [0.2, 0.25) is 0 Å². The van der Waals surface area contributed by atoms with Gasteiger partial charge in [0.25, 0.3) is 0 Å². The van der Waals surface area contributed by atoms with Crippen molar-refractivity contribution in [3.63, 3.8) is 0 Å². The normalized spacial score (nSPS) is 12.6. The van der Waals surface area contributed by atoms with Gasteiger partial charge >= 0.3 is 7.48 Å². The van der Waals surface area contributed by atoms with E-state index in [2.05, 4.69) is 4.98 Å². The summed E-state index contributed by atoms with van der Waals surface area (Å²) in [6.45, 7) is 9.10. The van der Waals surface area contributed by atoms with Crippen LogP contribution in [0, 0.1) is 6.92 Å². The summed E-state index contributed by atoms with van der Waals surface area (Å²) in [4.78, 5) is 4.17. The Labute approximate surface area is 98.1 Å². The zero-order valence-corrected chi connectivity index (χ0v) is 10.6. The lowest BCUT2D eigenvalue weighted by Gasteiger charge is -2.37. The Morgan fingerprint density at radius 3 is 2.44 bits per heavy atom. The molecular weight excluding hydrogens is 201 g/mol. The van der Waals surface area contributed by atoms with Crippen LogP contribution in [-0.2, 0) is 4.65 Å². The summed E-state index contributed by atoms with van der Waals surface area (Å²) >= 11 is 0. The zero-order chi connectivity index (χ0) is 12.4. The van der Waals surface area contributed by atoms with E-state index in [0.717, 1.165) is 11.2 Å². The molecule has 0 saturated carbocycles. The Balaban J connectivity index is 2.69. The van der Waals surface area contributed by atoms with Gasteiger partial charge < -0.3 is 9.76 Å². The Morgan fingerprint density at radius 1 is 1.31 bits per heavy atom. The quantitative estimate of drug-likeness (QED) is 0.775. The van der Waals surface area contributed by atoms with E-state index in [1.165, 1.54) is 0 Å². The number of aromatic nitrogens is 1. The van der Waals surface area contributed by atoms with E-state index in [1.54, 1.807) is 27.5 Å². The van der Waals surface area contributed by atoms with Crippen LogP contribution in [0.25, 0.3) is 0 Å². The van der Waals surface area contributed by atoms with Gasteiger partial charge in [0.15, 0.2) is 0 Å². The lowest BCUT2D eigenvalue weighted by Crippen LogP contribution is -2.49. The average Bonchev–Trinajstić information content (AvgIpc) is 2.15. The third-order valence-corrected chi connectivity index (χ3v) is 3.00. The van der Waals surface area contributed by atoms with E-state index >= 15 is 0 Å². The molecule has 0 saturated heterocycles. The lowest BCUT2D eigenvalue weighted by atomic mass is 9.82. The molecule has 0 aromatic carbocycles. The van der Waals surface area contributed by atoms with E-state index < -0.39 is 11.2 Å². The van der Waals surface area contributed by atoms with Crippen molar-refractivity contribution in [2.45, 2.75) is 45.8 Å². The molecule has 0 amide bonds. The first-order valence-electron chi connectivity index (χ1n) is 5.39. The third-order valence-electron chi connectivity index (χ3n) is 3.00. The van der Waals surface area contributed by atoms with Crippen LogP contribution in [0.2, 0.25) is 0 Å². The van der Waals surface area contributed by atoms with Crippen LogP contribution < -0.4 is 5.46 Å². The van der Waals surface area contributed by atoms with Gasteiger partial charge in [-0.25, -0.2) is 0 Å². The summed E-state index contributed by atoms with van der Waals surface area (Å²) in [7, 11) is 1.65. The van der Waals surface area contributed by atoms with Crippen molar-refractivity contribution in [3.8, 4) is 0 Å². The monoisotopic (exact) mass is 220 g/mol. The Bertz CT molecular complexity index is 358. The maximum Gasteiger partial charge on any atom is 0.332 e. The minimum Gasteiger partial charge on any atom is -0.427 e. The summed E-state index contributed by atoms with van der Waals surface area (Å²) in [5.74, 6) is 0. The maximum atomic E-state index is 9.93. The summed E-state index contributed by atoms with van der Waals surface area (Å²) in [5, 5.41) is 9.93. The van der Waals surface area contributed by atoms with Crippen LogP contribution in [0.3, 0.4) is 0 Å². The minimum atomic E-state index is -0.903. The molecule has 0 aliphatic heterocycles. The topological polar surface area (TPSA) is 42.4 Å². The second-order valence-electron chi connectivity index (χ2n) is 4.98. The highest BCUT2D eigenvalue weighted by Gasteiger charge is 2.35. The van der Waals surface area contributed by atoms with Crippen molar-refractivity contribution in [3.05, 3.63) is 24.0 Å². The molecule has 87 valence electrons. The molecule has 4 heteroatoms. The van der Waals surface area contributed by atoms with Gasteiger partial charge in [-0.1, -0.05) is 6.07 Å². The number of aryl methyl sites for hydroxylation is 1. The summed E-state index contributed by atoms with van der Waals surface area (Å²) in [6.07, 6.45) is 1.74. The summed E-state index contributed by atoms with van der Waals surface area (Å²) < 4.78 is 5.65. The molecule has 0 fully saturated rings. The average molecular weight is 220 g/mol. The number of rotatable bonds is 4. The molecule has 0 atom stereocenters. The Hall–Kier alpha value is -0.865. The molecule has 1 aromatic rings. The molecule has 1 heterocycles. The molecule has 16 heavy (non-hydrogen) atoms. The first-order valence-corrected chi connectivity index (χ1v) is 5.39. The third kappa shape index (κ3) is 3.06. The Kier molecular flexibility index (Phi) is 3.76. The van der Waals surface area contributed by atoms with E-state index in [0.29, 0.717) is 0 Å². The molecule has 1 aromatic heterocycles. The molecule has 1 N–H and O–H groups in total. The standard InChI is InChI=1S/C12H19BNO2/c1-9-10(7-6-8-14-9)13-16-12(4,5)11(2,3)15/h6-8,15H,1-5H3. The largest absolute Gasteiger partial charge is 0.427 e. The predicted molar refractivity (Wildman–Crippen MR) is 65.8 cm³/mol. The fourth-order valence-electron chi connectivity index (χ4n) is 0.976. The van der Waals surface area contributed by atoms with Crippen molar-refractivity contribution in [2.24, 2.45) is 0 Å². The van der Waals surface area contributed by atoms with Crippen molar-refractivity contribution >= 4 is 12.9 Å². The van der Waals surface area contributed by atoms with Gasteiger partial charge in [0.1, 0.15) is 0 Å². The lowest BCUT2D eigenvalue weighted by molar-refractivity contribution is -0.0893. The van der Waals surface area contributed by atoms with Gasteiger partial charge in [0.05, 0.1) is 11.2 Å². The second kappa shape index (κ2) is 4.56. The highest BCUT2D eigenvalue weighted by atomic mass is 16.5. The Morgan fingerprint density at radius 2 is 1.94 bits per heavy atom. The van der Waals surface area contributed by atoms with Crippen LogP contribution in [0.5, 0.6) is 0 Å². The molecule has 3 nitrogen and oxygen atoms in total. The molecular formula is C12H19BNO2. The molecule has 0 spiro atoms. The van der Waals surface area contributed by atoms with Crippen LogP contribution >= 0.6 is 0 Å². The molecule has 1 rings (SSSR count). The highest BCUT2D eigenvalue weighted by molar-refractivity contribution is 6.47. The molecule has 0 aliphatic rings. The second-order valence-corrected chi connectivity index (χ2v) is 4.98. The van der Waals surface area contributed by atoms with Crippen LogP contribution in [-0.4, -0.2) is 28.8 Å². The van der Waals surface area contributed by atoms with E-state index in [4.69, 9.17) is 4.65 Å². The number of hydrogen-bond donors (Lipinski definition) is 1. The zero-order valence-electron chi connectivity index (χ0n) is 10.6. The van der Waals surface area contributed by atoms with E-state index in [9.17, 15) is 5.11 Å². The number of pyridine rings is 1. The minimum absolute atomic E-state index is 0.644. The predicted octanol–water partition coefficient (Wildman–Crippen LogP) is 1.20. The fourth-order valence-corrected chi connectivity index (χ4v) is 0.976. The van der Waals surface area contributed by atoms with Gasteiger partial charge in [-0.15, -0.1) is 0 Å². The summed E-state index contributed by atoms with van der Waals surface area (Å²) in [5.41, 5.74) is 0.295. The fraction of sp³-hybridized carbons (Fsp3) is 0.583. The van der Waals surface area contributed by atoms with Gasteiger partial charge in [-0.05, 0) is 46.1 Å². The molecule has 1 radical (unpaired) electrons. The van der Waals surface area contributed by atoms with Crippen molar-refractivity contribution in [1.29, 1.82) is 0 Å². The molecule has 0 aliphatic carbocycles. The molecule has 0 unspecified atom stereocenters.